The van der Waals surface area contributed by atoms with Gasteiger partial charge in [-0.15, -0.1) is 0 Å². The molecule has 0 spiro atoms. The maximum absolute atomic E-state index is 13.8. The van der Waals surface area contributed by atoms with Crippen LogP contribution in [0.15, 0.2) is 24.3 Å². The van der Waals surface area contributed by atoms with Crippen molar-refractivity contribution in [2.45, 2.75) is 39.8 Å². The molecule has 0 heterocycles. The van der Waals surface area contributed by atoms with Crippen LogP contribution in [0.4, 0.5) is 4.39 Å². The Bertz CT molecular complexity index is 354. The number of ether oxygens (including phenoxy) is 1. The van der Waals surface area contributed by atoms with E-state index in [1.54, 1.807) is 6.07 Å². The van der Waals surface area contributed by atoms with Gasteiger partial charge < -0.3 is 10.1 Å². The standard InChI is InChI=1S/C15H24FNO/c1-5-17-15(10-18-12(4)11(2)3)13-8-6-7-9-14(13)16/h6-9,11-12,15,17H,5,10H2,1-4H3. The van der Waals surface area contributed by atoms with Crippen LogP contribution in [0.25, 0.3) is 0 Å². The van der Waals surface area contributed by atoms with Gasteiger partial charge in [0.1, 0.15) is 5.82 Å². The molecule has 0 amide bonds. The van der Waals surface area contributed by atoms with Crippen molar-refractivity contribution < 1.29 is 9.13 Å². The number of likely N-dealkylation sites (N-methyl/N-ethyl adjacent to an activating group) is 1. The van der Waals surface area contributed by atoms with Gasteiger partial charge in [-0.1, -0.05) is 39.0 Å². The lowest BCUT2D eigenvalue weighted by Crippen LogP contribution is -2.29. The van der Waals surface area contributed by atoms with Gasteiger partial charge in [-0.2, -0.15) is 0 Å². The van der Waals surface area contributed by atoms with Crippen molar-refractivity contribution in [2.75, 3.05) is 13.2 Å². The maximum Gasteiger partial charge on any atom is 0.128 e. The van der Waals surface area contributed by atoms with Gasteiger partial charge >= 0.3 is 0 Å². The van der Waals surface area contributed by atoms with Crippen molar-refractivity contribution in [2.24, 2.45) is 5.92 Å². The predicted molar refractivity (Wildman–Crippen MR) is 73.1 cm³/mol. The zero-order valence-corrected chi connectivity index (χ0v) is 11.7. The molecule has 0 saturated heterocycles. The Morgan fingerprint density at radius 3 is 2.44 bits per heavy atom. The van der Waals surface area contributed by atoms with Gasteiger partial charge in [0.2, 0.25) is 0 Å². The molecule has 18 heavy (non-hydrogen) atoms. The number of hydrogen-bond donors (Lipinski definition) is 1. The van der Waals surface area contributed by atoms with Crippen LogP contribution in [-0.4, -0.2) is 19.3 Å². The van der Waals surface area contributed by atoms with Gasteiger partial charge in [-0.3, -0.25) is 0 Å². The first kappa shape index (κ1) is 15.1. The summed E-state index contributed by atoms with van der Waals surface area (Å²) in [6.45, 7) is 9.59. The quantitative estimate of drug-likeness (QED) is 0.802. The molecule has 2 atom stereocenters. The van der Waals surface area contributed by atoms with Crippen LogP contribution in [0.5, 0.6) is 0 Å². The van der Waals surface area contributed by atoms with E-state index in [4.69, 9.17) is 4.74 Å². The Morgan fingerprint density at radius 1 is 1.22 bits per heavy atom. The maximum atomic E-state index is 13.8. The van der Waals surface area contributed by atoms with Crippen LogP contribution in [0, 0.1) is 11.7 Å². The number of benzene rings is 1. The first-order chi connectivity index (χ1) is 8.56. The summed E-state index contributed by atoms with van der Waals surface area (Å²) in [5.74, 6) is 0.289. The fourth-order valence-corrected chi connectivity index (χ4v) is 1.70. The van der Waals surface area contributed by atoms with Crippen LogP contribution < -0.4 is 5.32 Å². The molecule has 1 N–H and O–H groups in total. The minimum absolute atomic E-state index is 0.0857. The van der Waals surface area contributed by atoms with Crippen molar-refractivity contribution >= 4 is 0 Å². The molecule has 0 aliphatic carbocycles. The average Bonchev–Trinajstić information content (AvgIpc) is 2.35. The highest BCUT2D eigenvalue weighted by Crippen LogP contribution is 2.18. The number of rotatable bonds is 7. The second-order valence-electron chi connectivity index (χ2n) is 4.91. The molecule has 3 heteroatoms. The SMILES string of the molecule is CCNC(COC(C)C(C)C)c1ccccc1F. The zero-order chi connectivity index (χ0) is 13.5. The lowest BCUT2D eigenvalue weighted by Gasteiger charge is -2.23. The van der Waals surface area contributed by atoms with Crippen LogP contribution in [0.1, 0.15) is 39.3 Å². The summed E-state index contributed by atoms with van der Waals surface area (Å²) in [6.07, 6.45) is 0.179. The largest absolute Gasteiger partial charge is 0.376 e. The highest BCUT2D eigenvalue weighted by Gasteiger charge is 2.16. The smallest absolute Gasteiger partial charge is 0.128 e. The molecular weight excluding hydrogens is 229 g/mol. The predicted octanol–water partition coefficient (Wildman–Crippen LogP) is 3.54. The van der Waals surface area contributed by atoms with Crippen LogP contribution in [0.3, 0.4) is 0 Å². The zero-order valence-electron chi connectivity index (χ0n) is 11.7. The number of hydrogen-bond acceptors (Lipinski definition) is 2. The second-order valence-corrected chi connectivity index (χ2v) is 4.91. The molecule has 0 radical (unpaired) electrons. The third-order valence-electron chi connectivity index (χ3n) is 3.20. The second kappa shape index (κ2) is 7.49. The van der Waals surface area contributed by atoms with E-state index in [2.05, 4.69) is 26.1 Å². The summed E-state index contributed by atoms with van der Waals surface area (Å²) >= 11 is 0. The summed E-state index contributed by atoms with van der Waals surface area (Å²) in [5.41, 5.74) is 0.676. The Balaban J connectivity index is 2.68. The van der Waals surface area contributed by atoms with Crippen molar-refractivity contribution in [3.05, 3.63) is 35.6 Å². The van der Waals surface area contributed by atoms with E-state index in [1.165, 1.54) is 6.07 Å². The summed E-state index contributed by atoms with van der Waals surface area (Å²) in [7, 11) is 0. The lowest BCUT2D eigenvalue weighted by atomic mass is 10.1. The van der Waals surface area contributed by atoms with E-state index < -0.39 is 0 Å². The molecule has 1 aromatic carbocycles. The summed E-state index contributed by atoms with van der Waals surface area (Å²) in [4.78, 5) is 0. The molecule has 1 rings (SSSR count). The number of halogens is 1. The number of nitrogens with one attached hydrogen (secondary N) is 1. The van der Waals surface area contributed by atoms with Gasteiger partial charge in [0, 0.05) is 5.56 Å². The first-order valence-corrected chi connectivity index (χ1v) is 6.65. The third-order valence-corrected chi connectivity index (χ3v) is 3.20. The third kappa shape index (κ3) is 4.39. The van der Waals surface area contributed by atoms with E-state index >= 15 is 0 Å². The van der Waals surface area contributed by atoms with Gasteiger partial charge in [0.05, 0.1) is 18.8 Å². The van der Waals surface area contributed by atoms with Gasteiger partial charge in [0.25, 0.3) is 0 Å². The Hall–Kier alpha value is -0.930. The summed E-state index contributed by atoms with van der Waals surface area (Å²) in [6, 6.07) is 6.78. The van der Waals surface area contributed by atoms with Gasteiger partial charge in [-0.25, -0.2) is 4.39 Å². The topological polar surface area (TPSA) is 21.3 Å². The van der Waals surface area contributed by atoms with E-state index in [0.717, 1.165) is 6.54 Å². The van der Waals surface area contributed by atoms with Crippen molar-refractivity contribution in [1.82, 2.24) is 5.32 Å². The Kier molecular flexibility index (Phi) is 6.30. The molecule has 0 fully saturated rings. The minimum Gasteiger partial charge on any atom is -0.376 e. The van der Waals surface area contributed by atoms with Crippen LogP contribution in [0.2, 0.25) is 0 Å². The van der Waals surface area contributed by atoms with Crippen molar-refractivity contribution in [1.29, 1.82) is 0 Å². The average molecular weight is 253 g/mol. The highest BCUT2D eigenvalue weighted by molar-refractivity contribution is 5.21. The fourth-order valence-electron chi connectivity index (χ4n) is 1.70. The molecule has 1 aromatic rings. The fraction of sp³-hybridized carbons (Fsp3) is 0.600. The van der Waals surface area contributed by atoms with E-state index in [9.17, 15) is 4.39 Å². The molecule has 0 saturated carbocycles. The van der Waals surface area contributed by atoms with E-state index in [0.29, 0.717) is 18.1 Å². The Labute approximate surface area is 110 Å². The molecular formula is C15H24FNO. The summed E-state index contributed by atoms with van der Waals surface area (Å²) in [5, 5.41) is 3.27. The molecule has 0 bridgehead atoms. The van der Waals surface area contributed by atoms with Crippen LogP contribution >= 0.6 is 0 Å². The molecule has 0 aliphatic rings. The van der Waals surface area contributed by atoms with Crippen molar-refractivity contribution in [3.8, 4) is 0 Å². The van der Waals surface area contributed by atoms with E-state index in [-0.39, 0.29) is 18.0 Å². The molecule has 0 aromatic heterocycles. The lowest BCUT2D eigenvalue weighted by molar-refractivity contribution is 0.0215. The van der Waals surface area contributed by atoms with Crippen molar-refractivity contribution in [3.63, 3.8) is 0 Å². The summed E-state index contributed by atoms with van der Waals surface area (Å²) < 4.78 is 19.5. The first-order valence-electron chi connectivity index (χ1n) is 6.65. The minimum atomic E-state index is -0.177. The highest BCUT2D eigenvalue weighted by atomic mass is 19.1. The normalized spacial score (nSPS) is 14.8. The Morgan fingerprint density at radius 2 is 1.89 bits per heavy atom. The van der Waals surface area contributed by atoms with Gasteiger partial charge in [-0.05, 0) is 25.5 Å². The van der Waals surface area contributed by atoms with Crippen LogP contribution in [-0.2, 0) is 4.74 Å². The molecule has 2 nitrogen and oxygen atoms in total. The molecule has 102 valence electrons. The van der Waals surface area contributed by atoms with Gasteiger partial charge in [0.15, 0.2) is 0 Å². The molecule has 2 unspecified atom stereocenters. The van der Waals surface area contributed by atoms with E-state index in [1.807, 2.05) is 19.1 Å². The monoisotopic (exact) mass is 253 g/mol. The molecule has 0 aliphatic heterocycles.